The first-order chi connectivity index (χ1) is 7.47. The summed E-state index contributed by atoms with van der Waals surface area (Å²) in [6.45, 7) is -0.641. The molecule has 0 radical (unpaired) electrons. The SMILES string of the molecule is O=[N+]([O-])c1cc(C(O)C(O)CO)ccc1Cl. The molecule has 3 N–H and O–H groups in total. The van der Waals surface area contributed by atoms with Crippen molar-refractivity contribution in [2.75, 3.05) is 6.61 Å². The van der Waals surface area contributed by atoms with Gasteiger partial charge in [0, 0.05) is 6.07 Å². The third-order valence-corrected chi connectivity index (χ3v) is 2.38. The van der Waals surface area contributed by atoms with Gasteiger partial charge in [0.25, 0.3) is 5.69 Å². The molecule has 0 saturated carbocycles. The van der Waals surface area contributed by atoms with Crippen molar-refractivity contribution in [3.8, 4) is 0 Å². The largest absolute Gasteiger partial charge is 0.394 e. The van der Waals surface area contributed by atoms with Crippen molar-refractivity contribution < 1.29 is 20.2 Å². The molecule has 0 heterocycles. The van der Waals surface area contributed by atoms with Gasteiger partial charge in [-0.2, -0.15) is 0 Å². The molecule has 0 aliphatic carbocycles. The van der Waals surface area contributed by atoms with Gasteiger partial charge >= 0.3 is 0 Å². The van der Waals surface area contributed by atoms with Crippen LogP contribution in [0.3, 0.4) is 0 Å². The van der Waals surface area contributed by atoms with E-state index in [0.29, 0.717) is 0 Å². The van der Waals surface area contributed by atoms with Crippen LogP contribution in [0.4, 0.5) is 5.69 Å². The Labute approximate surface area is 95.9 Å². The highest BCUT2D eigenvalue weighted by molar-refractivity contribution is 6.32. The van der Waals surface area contributed by atoms with Gasteiger partial charge in [-0.3, -0.25) is 10.1 Å². The van der Waals surface area contributed by atoms with Gasteiger partial charge in [0.2, 0.25) is 0 Å². The molecule has 88 valence electrons. The molecule has 6 nitrogen and oxygen atoms in total. The Morgan fingerprint density at radius 3 is 2.56 bits per heavy atom. The van der Waals surface area contributed by atoms with Crippen LogP contribution >= 0.6 is 11.6 Å². The topological polar surface area (TPSA) is 104 Å². The van der Waals surface area contributed by atoms with Crippen LogP contribution in [0, 0.1) is 10.1 Å². The van der Waals surface area contributed by atoms with E-state index in [1.54, 1.807) is 0 Å². The van der Waals surface area contributed by atoms with Crippen LogP contribution in [0.2, 0.25) is 5.02 Å². The summed E-state index contributed by atoms with van der Waals surface area (Å²) in [4.78, 5) is 9.87. The van der Waals surface area contributed by atoms with Crippen LogP contribution in [0.25, 0.3) is 0 Å². The molecule has 0 saturated heterocycles. The summed E-state index contributed by atoms with van der Waals surface area (Å²) >= 11 is 5.57. The summed E-state index contributed by atoms with van der Waals surface area (Å²) < 4.78 is 0. The molecular weight excluding hydrogens is 238 g/mol. The second-order valence-corrected chi connectivity index (χ2v) is 3.57. The number of hydrogen-bond donors (Lipinski definition) is 3. The minimum absolute atomic E-state index is 0.0561. The highest BCUT2D eigenvalue weighted by atomic mass is 35.5. The quantitative estimate of drug-likeness (QED) is 0.535. The lowest BCUT2D eigenvalue weighted by atomic mass is 10.0. The lowest BCUT2D eigenvalue weighted by Gasteiger charge is -2.15. The van der Waals surface area contributed by atoms with Crippen molar-refractivity contribution in [1.82, 2.24) is 0 Å². The molecule has 0 bridgehead atoms. The molecule has 1 aromatic carbocycles. The van der Waals surface area contributed by atoms with E-state index in [4.69, 9.17) is 16.7 Å². The molecule has 0 fully saturated rings. The number of rotatable bonds is 4. The third-order valence-electron chi connectivity index (χ3n) is 2.06. The average molecular weight is 248 g/mol. The summed E-state index contributed by atoms with van der Waals surface area (Å²) in [6.07, 6.45) is -2.78. The van der Waals surface area contributed by atoms with Gasteiger partial charge in [0.05, 0.1) is 11.5 Å². The number of nitro benzene ring substituents is 1. The maximum Gasteiger partial charge on any atom is 0.288 e. The van der Waals surface area contributed by atoms with Crippen molar-refractivity contribution in [1.29, 1.82) is 0 Å². The van der Waals surface area contributed by atoms with E-state index in [9.17, 15) is 20.3 Å². The Bertz CT molecular complexity index is 397. The van der Waals surface area contributed by atoms with Crippen molar-refractivity contribution in [3.63, 3.8) is 0 Å². The number of nitrogens with zero attached hydrogens (tertiary/aromatic N) is 1. The van der Waals surface area contributed by atoms with E-state index >= 15 is 0 Å². The average Bonchev–Trinajstić information content (AvgIpc) is 2.27. The van der Waals surface area contributed by atoms with E-state index in [-0.39, 0.29) is 16.3 Å². The van der Waals surface area contributed by atoms with Crippen LogP contribution < -0.4 is 0 Å². The summed E-state index contributed by atoms with van der Waals surface area (Å²) in [7, 11) is 0. The predicted molar refractivity (Wildman–Crippen MR) is 56.2 cm³/mol. The van der Waals surface area contributed by atoms with Crippen molar-refractivity contribution in [3.05, 3.63) is 38.9 Å². The standard InChI is InChI=1S/C9H10ClNO5/c10-6-2-1-5(3-7(6)11(15)16)9(14)8(13)4-12/h1-3,8-9,12-14H,4H2. The van der Waals surface area contributed by atoms with Crippen LogP contribution in [-0.4, -0.2) is 33.0 Å². The fourth-order valence-corrected chi connectivity index (χ4v) is 1.36. The molecule has 1 rings (SSSR count). The summed E-state index contributed by atoms with van der Waals surface area (Å²) in [5.74, 6) is 0. The van der Waals surface area contributed by atoms with Crippen molar-refractivity contribution in [2.45, 2.75) is 12.2 Å². The highest BCUT2D eigenvalue weighted by Gasteiger charge is 2.21. The Morgan fingerprint density at radius 1 is 1.44 bits per heavy atom. The zero-order valence-corrected chi connectivity index (χ0v) is 8.83. The molecule has 0 aliphatic heterocycles. The first kappa shape index (κ1) is 12.9. The zero-order chi connectivity index (χ0) is 12.3. The van der Waals surface area contributed by atoms with E-state index < -0.39 is 23.7 Å². The first-order valence-electron chi connectivity index (χ1n) is 4.38. The lowest BCUT2D eigenvalue weighted by molar-refractivity contribution is -0.384. The molecule has 2 unspecified atom stereocenters. The maximum atomic E-state index is 10.6. The molecule has 0 aromatic heterocycles. The first-order valence-corrected chi connectivity index (χ1v) is 4.76. The van der Waals surface area contributed by atoms with Crippen LogP contribution in [-0.2, 0) is 0 Å². The van der Waals surface area contributed by atoms with E-state index in [2.05, 4.69) is 0 Å². The van der Waals surface area contributed by atoms with E-state index in [0.717, 1.165) is 6.07 Å². The van der Waals surface area contributed by atoms with Gasteiger partial charge in [0.15, 0.2) is 0 Å². The minimum Gasteiger partial charge on any atom is -0.394 e. The molecule has 16 heavy (non-hydrogen) atoms. The maximum absolute atomic E-state index is 10.6. The Morgan fingerprint density at radius 2 is 2.06 bits per heavy atom. The Balaban J connectivity index is 3.07. The minimum atomic E-state index is -1.39. The number of halogens is 1. The van der Waals surface area contributed by atoms with Gasteiger partial charge in [-0.15, -0.1) is 0 Å². The molecule has 2 atom stereocenters. The zero-order valence-electron chi connectivity index (χ0n) is 8.08. The second-order valence-electron chi connectivity index (χ2n) is 3.16. The Hall–Kier alpha value is -1.21. The molecule has 0 amide bonds. The van der Waals surface area contributed by atoms with Crippen LogP contribution in [0.5, 0.6) is 0 Å². The molecule has 0 spiro atoms. The van der Waals surface area contributed by atoms with Gasteiger partial charge in [-0.1, -0.05) is 17.7 Å². The smallest absolute Gasteiger partial charge is 0.288 e. The van der Waals surface area contributed by atoms with Gasteiger partial charge in [0.1, 0.15) is 17.2 Å². The van der Waals surface area contributed by atoms with Crippen LogP contribution in [0.15, 0.2) is 18.2 Å². The normalized spacial score (nSPS) is 14.5. The second kappa shape index (κ2) is 5.22. The Kier molecular flexibility index (Phi) is 4.19. The van der Waals surface area contributed by atoms with Crippen molar-refractivity contribution >= 4 is 17.3 Å². The van der Waals surface area contributed by atoms with Gasteiger partial charge in [-0.05, 0) is 11.6 Å². The highest BCUT2D eigenvalue weighted by Crippen LogP contribution is 2.28. The fourth-order valence-electron chi connectivity index (χ4n) is 1.18. The number of benzene rings is 1. The lowest BCUT2D eigenvalue weighted by Crippen LogP contribution is -2.22. The molecule has 1 aromatic rings. The van der Waals surface area contributed by atoms with Gasteiger partial charge < -0.3 is 15.3 Å². The van der Waals surface area contributed by atoms with Crippen LogP contribution in [0.1, 0.15) is 11.7 Å². The van der Waals surface area contributed by atoms with E-state index in [1.165, 1.54) is 12.1 Å². The summed E-state index contributed by atoms with van der Waals surface area (Å²) in [6, 6.07) is 3.66. The molecule has 7 heteroatoms. The number of hydrogen-bond acceptors (Lipinski definition) is 5. The number of aliphatic hydroxyl groups is 3. The van der Waals surface area contributed by atoms with Gasteiger partial charge in [-0.25, -0.2) is 0 Å². The summed E-state index contributed by atoms with van der Waals surface area (Å²) in [5.41, 5.74) is -0.235. The monoisotopic (exact) mass is 247 g/mol. The number of nitro groups is 1. The third kappa shape index (κ3) is 2.67. The molecular formula is C9H10ClNO5. The number of aliphatic hydroxyl groups excluding tert-OH is 3. The summed E-state index contributed by atoms with van der Waals surface area (Å²) in [5, 5.41) is 37.8. The van der Waals surface area contributed by atoms with E-state index in [1.807, 2.05) is 0 Å². The predicted octanol–water partition coefficient (Wildman–Crippen LogP) is 0.635. The fraction of sp³-hybridized carbons (Fsp3) is 0.333. The molecule has 0 aliphatic rings. The van der Waals surface area contributed by atoms with Crippen molar-refractivity contribution in [2.24, 2.45) is 0 Å².